The summed E-state index contributed by atoms with van der Waals surface area (Å²) >= 11 is 14.1. The molecule has 2 nitrogen and oxygen atoms in total. The second-order valence-corrected chi connectivity index (χ2v) is 5.60. The Kier molecular flexibility index (Phi) is 4.39. The van der Waals surface area contributed by atoms with Gasteiger partial charge in [-0.25, -0.2) is 4.39 Å². The Bertz CT molecular complexity index is 649. The van der Waals surface area contributed by atoms with Gasteiger partial charge >= 0.3 is 0 Å². The van der Waals surface area contributed by atoms with Gasteiger partial charge < -0.3 is 11.1 Å². The number of rotatable bonds is 3. The molecule has 2 rings (SSSR count). The van der Waals surface area contributed by atoms with Crippen LogP contribution in [0.1, 0.15) is 5.56 Å². The highest BCUT2D eigenvalue weighted by atomic mass is 79.9. The molecule has 0 aliphatic heterocycles. The molecule has 0 spiro atoms. The predicted octanol–water partition coefficient (Wildman–Crippen LogP) is 4.62. The van der Waals surface area contributed by atoms with E-state index in [1.54, 1.807) is 30.3 Å². The van der Waals surface area contributed by atoms with Crippen molar-refractivity contribution in [2.45, 2.75) is 0 Å². The van der Waals surface area contributed by atoms with Gasteiger partial charge in [0.15, 0.2) is 0 Å². The topological polar surface area (TPSA) is 38.0 Å². The van der Waals surface area contributed by atoms with Crippen LogP contribution in [0.15, 0.2) is 40.9 Å². The highest BCUT2D eigenvalue weighted by molar-refractivity contribution is 9.10. The van der Waals surface area contributed by atoms with Crippen molar-refractivity contribution in [2.75, 3.05) is 5.32 Å². The zero-order valence-corrected chi connectivity index (χ0v) is 12.7. The molecule has 0 aliphatic rings. The van der Waals surface area contributed by atoms with Crippen LogP contribution in [0.25, 0.3) is 0 Å². The van der Waals surface area contributed by atoms with Crippen LogP contribution in [0, 0.1) is 5.82 Å². The van der Waals surface area contributed by atoms with Gasteiger partial charge in [0.1, 0.15) is 10.8 Å². The lowest BCUT2D eigenvalue weighted by molar-refractivity contribution is 0.631. The van der Waals surface area contributed by atoms with Crippen LogP contribution >= 0.6 is 39.7 Å². The maximum atomic E-state index is 13.7. The molecule has 0 saturated heterocycles. The fourth-order valence-corrected chi connectivity index (χ4v) is 2.27. The van der Waals surface area contributed by atoms with E-state index in [4.69, 9.17) is 29.6 Å². The van der Waals surface area contributed by atoms with E-state index in [-0.39, 0.29) is 10.8 Å². The maximum Gasteiger partial charge on any atom is 0.146 e. The van der Waals surface area contributed by atoms with E-state index in [0.717, 1.165) is 4.47 Å². The maximum absolute atomic E-state index is 13.7. The van der Waals surface area contributed by atoms with E-state index in [1.165, 1.54) is 6.07 Å². The highest BCUT2D eigenvalue weighted by Crippen LogP contribution is 2.27. The number of nitrogens with two attached hydrogens (primary N) is 1. The Morgan fingerprint density at radius 1 is 1.21 bits per heavy atom. The molecule has 98 valence electrons. The van der Waals surface area contributed by atoms with Gasteiger partial charge in [0.05, 0.1) is 5.69 Å². The SMILES string of the molecule is NC(=S)c1cc(Cl)ccc1Nc1cc(Br)ccc1F. The lowest BCUT2D eigenvalue weighted by Crippen LogP contribution is -2.12. The van der Waals surface area contributed by atoms with Crippen molar-refractivity contribution in [1.29, 1.82) is 0 Å². The number of halogens is 3. The largest absolute Gasteiger partial charge is 0.389 e. The van der Waals surface area contributed by atoms with E-state index in [1.807, 2.05) is 0 Å². The zero-order valence-electron chi connectivity index (χ0n) is 9.58. The Morgan fingerprint density at radius 3 is 2.63 bits per heavy atom. The van der Waals surface area contributed by atoms with E-state index in [2.05, 4.69) is 21.2 Å². The van der Waals surface area contributed by atoms with Gasteiger partial charge in [0.2, 0.25) is 0 Å². The molecular formula is C13H9BrClFN2S. The number of hydrogen-bond acceptors (Lipinski definition) is 2. The molecule has 0 aromatic heterocycles. The number of benzene rings is 2. The van der Waals surface area contributed by atoms with Gasteiger partial charge in [-0.3, -0.25) is 0 Å². The van der Waals surface area contributed by atoms with Crippen molar-refractivity contribution in [3.63, 3.8) is 0 Å². The Morgan fingerprint density at radius 2 is 1.95 bits per heavy atom. The minimum atomic E-state index is -0.368. The number of nitrogens with one attached hydrogen (secondary N) is 1. The van der Waals surface area contributed by atoms with Crippen LogP contribution in [0.5, 0.6) is 0 Å². The predicted molar refractivity (Wildman–Crippen MR) is 84.7 cm³/mol. The van der Waals surface area contributed by atoms with Crippen LogP contribution in [0.3, 0.4) is 0 Å². The van der Waals surface area contributed by atoms with Crippen molar-refractivity contribution < 1.29 is 4.39 Å². The number of hydrogen-bond donors (Lipinski definition) is 2. The standard InChI is InChI=1S/C13H9BrClFN2S/c14-7-1-3-10(16)12(5-7)18-11-4-2-8(15)6-9(11)13(17)19/h1-6,18H,(H2,17,19). The van der Waals surface area contributed by atoms with Crippen LogP contribution in [0.4, 0.5) is 15.8 Å². The molecule has 0 aliphatic carbocycles. The Hall–Kier alpha value is -1.17. The molecule has 19 heavy (non-hydrogen) atoms. The third-order valence-corrected chi connectivity index (χ3v) is 3.39. The third-order valence-electron chi connectivity index (χ3n) is 2.44. The Balaban J connectivity index is 2.43. The first-order chi connectivity index (χ1) is 8.97. The summed E-state index contributed by atoms with van der Waals surface area (Å²) in [5.41, 5.74) is 7.14. The molecule has 6 heteroatoms. The molecule has 0 unspecified atom stereocenters. The second kappa shape index (κ2) is 5.86. The highest BCUT2D eigenvalue weighted by Gasteiger charge is 2.09. The molecule has 0 bridgehead atoms. The lowest BCUT2D eigenvalue weighted by atomic mass is 10.1. The van der Waals surface area contributed by atoms with Crippen LogP contribution in [-0.2, 0) is 0 Å². The molecule has 2 aromatic rings. The smallest absolute Gasteiger partial charge is 0.146 e. The van der Waals surface area contributed by atoms with Gasteiger partial charge in [-0.15, -0.1) is 0 Å². The molecular weight excluding hydrogens is 351 g/mol. The molecule has 2 aromatic carbocycles. The fourth-order valence-electron chi connectivity index (χ4n) is 1.57. The van der Waals surface area contributed by atoms with Gasteiger partial charge in [-0.1, -0.05) is 39.7 Å². The summed E-state index contributed by atoms with van der Waals surface area (Å²) < 4.78 is 14.5. The van der Waals surface area contributed by atoms with E-state index < -0.39 is 0 Å². The van der Waals surface area contributed by atoms with E-state index in [9.17, 15) is 4.39 Å². The van der Waals surface area contributed by atoms with Crippen LogP contribution < -0.4 is 11.1 Å². The fraction of sp³-hybridized carbons (Fsp3) is 0. The zero-order chi connectivity index (χ0) is 14.0. The molecule has 0 heterocycles. The molecule has 0 saturated carbocycles. The first-order valence-corrected chi connectivity index (χ1v) is 6.87. The van der Waals surface area contributed by atoms with Gasteiger partial charge in [-0.05, 0) is 36.4 Å². The summed E-state index contributed by atoms with van der Waals surface area (Å²) in [6, 6.07) is 9.65. The monoisotopic (exact) mass is 358 g/mol. The van der Waals surface area contributed by atoms with E-state index >= 15 is 0 Å². The summed E-state index contributed by atoms with van der Waals surface area (Å²) in [5, 5.41) is 3.48. The second-order valence-electron chi connectivity index (χ2n) is 3.80. The van der Waals surface area contributed by atoms with Gasteiger partial charge in [-0.2, -0.15) is 0 Å². The molecule has 0 fully saturated rings. The van der Waals surface area contributed by atoms with Crippen LogP contribution in [-0.4, -0.2) is 4.99 Å². The number of thiocarbonyl (C=S) groups is 1. The summed E-state index contributed by atoms with van der Waals surface area (Å²) in [6.45, 7) is 0. The first-order valence-electron chi connectivity index (χ1n) is 5.29. The normalized spacial score (nSPS) is 10.3. The van der Waals surface area contributed by atoms with Crippen molar-refractivity contribution in [3.8, 4) is 0 Å². The van der Waals surface area contributed by atoms with Crippen LogP contribution in [0.2, 0.25) is 5.02 Å². The summed E-state index contributed by atoms with van der Waals surface area (Å²) in [5.74, 6) is -0.368. The number of anilines is 2. The third kappa shape index (κ3) is 3.43. The summed E-state index contributed by atoms with van der Waals surface area (Å²) in [6.07, 6.45) is 0. The molecule has 3 N–H and O–H groups in total. The van der Waals surface area contributed by atoms with E-state index in [0.29, 0.717) is 22.0 Å². The average molecular weight is 360 g/mol. The minimum Gasteiger partial charge on any atom is -0.389 e. The Labute approximate surface area is 128 Å². The molecule has 0 atom stereocenters. The van der Waals surface area contributed by atoms with Gasteiger partial charge in [0, 0.05) is 20.7 Å². The average Bonchev–Trinajstić information content (AvgIpc) is 2.35. The van der Waals surface area contributed by atoms with Crippen molar-refractivity contribution in [2.24, 2.45) is 5.73 Å². The lowest BCUT2D eigenvalue weighted by Gasteiger charge is -2.12. The van der Waals surface area contributed by atoms with Crippen molar-refractivity contribution in [1.82, 2.24) is 0 Å². The van der Waals surface area contributed by atoms with Crippen molar-refractivity contribution in [3.05, 3.63) is 57.3 Å². The first kappa shape index (κ1) is 14.2. The van der Waals surface area contributed by atoms with Crippen molar-refractivity contribution >= 4 is 56.1 Å². The quantitative estimate of drug-likeness (QED) is 0.785. The minimum absolute atomic E-state index is 0.195. The summed E-state index contributed by atoms with van der Waals surface area (Å²) in [7, 11) is 0. The van der Waals surface area contributed by atoms with Gasteiger partial charge in [0.25, 0.3) is 0 Å². The molecule has 0 radical (unpaired) electrons. The molecule has 0 amide bonds. The summed E-state index contributed by atoms with van der Waals surface area (Å²) in [4.78, 5) is 0.195.